The Morgan fingerprint density at radius 2 is 2.05 bits per heavy atom. The first-order chi connectivity index (χ1) is 10.0. The Kier molecular flexibility index (Phi) is 7.60. The lowest BCUT2D eigenvalue weighted by Crippen LogP contribution is -2.34. The van der Waals surface area contributed by atoms with Crippen LogP contribution in [0, 0.1) is 5.82 Å². The van der Waals surface area contributed by atoms with Gasteiger partial charge in [0, 0.05) is 4.90 Å². The summed E-state index contributed by atoms with van der Waals surface area (Å²) >= 11 is 1.13. The van der Waals surface area contributed by atoms with Crippen molar-refractivity contribution in [2.24, 2.45) is 0 Å². The number of rotatable bonds is 8. The van der Waals surface area contributed by atoms with Crippen LogP contribution in [0.1, 0.15) is 26.2 Å². The zero-order valence-electron chi connectivity index (χ0n) is 11.7. The van der Waals surface area contributed by atoms with Crippen LogP contribution in [0.5, 0.6) is 0 Å². The minimum absolute atomic E-state index is 0.259. The van der Waals surface area contributed by atoms with E-state index in [1.165, 1.54) is 24.3 Å². The minimum atomic E-state index is -1.04. The van der Waals surface area contributed by atoms with Crippen molar-refractivity contribution in [1.29, 1.82) is 0 Å². The third-order valence-electron chi connectivity index (χ3n) is 2.46. The Balaban J connectivity index is 2.56. The molecular weight excluding hydrogens is 297 g/mol. The molecule has 0 saturated heterocycles. The Bertz CT molecular complexity index is 467. The van der Waals surface area contributed by atoms with Gasteiger partial charge in [-0.05, 0) is 30.7 Å². The van der Waals surface area contributed by atoms with Crippen LogP contribution in [-0.2, 0) is 9.53 Å². The molecule has 0 aliphatic rings. The van der Waals surface area contributed by atoms with Crippen LogP contribution in [0.3, 0.4) is 0 Å². The van der Waals surface area contributed by atoms with Crippen molar-refractivity contribution in [2.45, 2.75) is 36.5 Å². The highest BCUT2D eigenvalue weighted by Gasteiger charge is 2.18. The van der Waals surface area contributed by atoms with Crippen LogP contribution in [0.25, 0.3) is 0 Å². The number of carbonyl (C=O) groups excluding carboxylic acids is 1. The average Bonchev–Trinajstić information content (AvgIpc) is 2.41. The molecule has 0 aliphatic heterocycles. The van der Waals surface area contributed by atoms with Crippen LogP contribution < -0.4 is 5.32 Å². The quantitative estimate of drug-likeness (QED) is 0.437. The Labute approximate surface area is 126 Å². The van der Waals surface area contributed by atoms with E-state index in [-0.39, 0.29) is 12.2 Å². The van der Waals surface area contributed by atoms with Gasteiger partial charge in [-0.15, -0.1) is 11.8 Å². The van der Waals surface area contributed by atoms with E-state index in [9.17, 15) is 14.0 Å². The molecule has 0 saturated carbocycles. The van der Waals surface area contributed by atoms with Crippen LogP contribution >= 0.6 is 11.8 Å². The number of nitrogens with one attached hydrogen (secondary N) is 1. The molecule has 1 unspecified atom stereocenters. The average molecular weight is 315 g/mol. The van der Waals surface area contributed by atoms with E-state index in [2.05, 4.69) is 5.32 Å². The molecule has 1 aromatic rings. The van der Waals surface area contributed by atoms with Gasteiger partial charge in [-0.3, -0.25) is 4.79 Å². The highest BCUT2D eigenvalue weighted by atomic mass is 32.2. The lowest BCUT2D eigenvalue weighted by atomic mass is 10.3. The number of thioether (sulfide) groups is 1. The Morgan fingerprint density at radius 1 is 1.38 bits per heavy atom. The number of alkyl carbamates (subject to hydrolysis) is 1. The highest BCUT2D eigenvalue weighted by Crippen LogP contribution is 2.24. The van der Waals surface area contributed by atoms with E-state index < -0.39 is 17.4 Å². The van der Waals surface area contributed by atoms with Crippen LogP contribution in [0.4, 0.5) is 9.18 Å². The zero-order chi connectivity index (χ0) is 15.7. The van der Waals surface area contributed by atoms with Gasteiger partial charge in [0.1, 0.15) is 5.82 Å². The Hall–Kier alpha value is -1.76. The summed E-state index contributed by atoms with van der Waals surface area (Å²) in [5.74, 6) is -1.41. The van der Waals surface area contributed by atoms with Gasteiger partial charge in [0.25, 0.3) is 0 Å². The maximum Gasteiger partial charge on any atom is 0.408 e. The molecule has 2 N–H and O–H groups in total. The zero-order valence-corrected chi connectivity index (χ0v) is 12.5. The van der Waals surface area contributed by atoms with Gasteiger partial charge in [0.15, 0.2) is 0 Å². The molecular formula is C14H18FNO4S. The van der Waals surface area contributed by atoms with Gasteiger partial charge in [-0.2, -0.15) is 0 Å². The predicted molar refractivity (Wildman–Crippen MR) is 77.7 cm³/mol. The van der Waals surface area contributed by atoms with Crippen LogP contribution in [0.2, 0.25) is 0 Å². The number of carboxylic acid groups (broad SMARTS) is 1. The van der Waals surface area contributed by atoms with Crippen molar-refractivity contribution >= 4 is 23.8 Å². The number of carbonyl (C=O) groups is 2. The summed E-state index contributed by atoms with van der Waals surface area (Å²) in [6, 6.07) is 5.61. The van der Waals surface area contributed by atoms with E-state index in [4.69, 9.17) is 9.84 Å². The molecule has 0 radical (unpaired) electrons. The van der Waals surface area contributed by atoms with Gasteiger partial charge in [0.2, 0.25) is 0 Å². The van der Waals surface area contributed by atoms with Crippen molar-refractivity contribution in [3.8, 4) is 0 Å². The first kappa shape index (κ1) is 17.3. The molecule has 0 heterocycles. The van der Waals surface area contributed by atoms with Crippen LogP contribution in [0.15, 0.2) is 29.2 Å². The highest BCUT2D eigenvalue weighted by molar-refractivity contribution is 8.00. The summed E-state index contributed by atoms with van der Waals surface area (Å²) in [5.41, 5.74) is 0. The monoisotopic (exact) mass is 315 g/mol. The maximum atomic E-state index is 12.8. The summed E-state index contributed by atoms with van der Waals surface area (Å²) in [6.45, 7) is 2.27. The molecule has 1 rings (SSSR count). The molecule has 0 fully saturated rings. The number of halogens is 1. The summed E-state index contributed by atoms with van der Waals surface area (Å²) < 4.78 is 17.8. The number of carboxylic acids is 1. The molecule has 21 heavy (non-hydrogen) atoms. The number of amides is 1. The van der Waals surface area contributed by atoms with Gasteiger partial charge in [-0.25, -0.2) is 9.18 Å². The van der Waals surface area contributed by atoms with E-state index in [1.54, 1.807) is 0 Å². The third-order valence-corrected chi connectivity index (χ3v) is 3.58. The SMILES string of the molecule is CCCCOC(=O)NC(CC(=O)O)Sc1ccc(F)cc1. The summed E-state index contributed by atoms with van der Waals surface area (Å²) in [5, 5.41) is 10.7. The summed E-state index contributed by atoms with van der Waals surface area (Å²) in [4.78, 5) is 23.0. The number of hydrogen-bond donors (Lipinski definition) is 2. The second-order valence-corrected chi connectivity index (χ2v) is 5.57. The lowest BCUT2D eigenvalue weighted by molar-refractivity contribution is -0.137. The normalized spacial score (nSPS) is 11.7. The van der Waals surface area contributed by atoms with Crippen molar-refractivity contribution in [1.82, 2.24) is 5.32 Å². The van der Waals surface area contributed by atoms with Crippen LogP contribution in [-0.4, -0.2) is 29.1 Å². The standard InChI is InChI=1S/C14H18FNO4S/c1-2-3-8-20-14(19)16-12(9-13(17)18)21-11-6-4-10(15)5-7-11/h4-7,12H,2-3,8-9H2,1H3,(H,16,19)(H,17,18). The van der Waals surface area contributed by atoms with Crippen molar-refractivity contribution in [2.75, 3.05) is 6.61 Å². The fraction of sp³-hybridized carbons (Fsp3) is 0.429. The lowest BCUT2D eigenvalue weighted by Gasteiger charge is -2.16. The summed E-state index contributed by atoms with van der Waals surface area (Å²) in [7, 11) is 0. The second-order valence-electron chi connectivity index (χ2n) is 4.29. The maximum absolute atomic E-state index is 12.8. The molecule has 7 heteroatoms. The van der Waals surface area contributed by atoms with E-state index in [0.717, 1.165) is 24.6 Å². The number of ether oxygens (including phenoxy) is 1. The Morgan fingerprint density at radius 3 is 2.62 bits per heavy atom. The molecule has 116 valence electrons. The topological polar surface area (TPSA) is 75.6 Å². The van der Waals surface area contributed by atoms with E-state index in [1.807, 2.05) is 6.92 Å². The largest absolute Gasteiger partial charge is 0.481 e. The first-order valence-corrected chi connectivity index (χ1v) is 7.46. The molecule has 0 bridgehead atoms. The van der Waals surface area contributed by atoms with Gasteiger partial charge < -0.3 is 15.2 Å². The predicted octanol–water partition coefficient (Wildman–Crippen LogP) is 3.24. The van der Waals surface area contributed by atoms with Gasteiger partial charge in [0.05, 0.1) is 18.4 Å². The van der Waals surface area contributed by atoms with Crippen molar-refractivity contribution in [3.05, 3.63) is 30.1 Å². The van der Waals surface area contributed by atoms with Crippen molar-refractivity contribution < 1.29 is 23.8 Å². The van der Waals surface area contributed by atoms with Gasteiger partial charge >= 0.3 is 12.1 Å². The number of benzene rings is 1. The van der Waals surface area contributed by atoms with E-state index >= 15 is 0 Å². The molecule has 0 spiro atoms. The molecule has 1 amide bonds. The summed E-state index contributed by atoms with van der Waals surface area (Å²) in [6.07, 6.45) is 0.743. The smallest absolute Gasteiger partial charge is 0.408 e. The molecule has 0 aliphatic carbocycles. The fourth-order valence-electron chi connectivity index (χ4n) is 1.44. The second kappa shape index (κ2) is 9.23. The minimum Gasteiger partial charge on any atom is -0.481 e. The fourth-order valence-corrected chi connectivity index (χ4v) is 2.44. The number of unbranched alkanes of at least 4 members (excludes halogenated alkanes) is 1. The van der Waals surface area contributed by atoms with E-state index in [0.29, 0.717) is 11.5 Å². The molecule has 1 atom stereocenters. The number of aliphatic carboxylic acids is 1. The molecule has 0 aromatic heterocycles. The number of hydrogen-bond acceptors (Lipinski definition) is 4. The van der Waals surface area contributed by atoms with Crippen molar-refractivity contribution in [3.63, 3.8) is 0 Å². The van der Waals surface area contributed by atoms with Gasteiger partial charge in [-0.1, -0.05) is 13.3 Å². The third kappa shape index (κ3) is 7.55. The molecule has 5 nitrogen and oxygen atoms in total. The first-order valence-electron chi connectivity index (χ1n) is 6.58. The molecule has 1 aromatic carbocycles.